The molecule has 0 spiro atoms. The van der Waals surface area contributed by atoms with Gasteiger partial charge in [-0.05, 0) is 26.0 Å². The number of hydrogen-bond acceptors (Lipinski definition) is 4. The molecular formula is C17H18ClFN4O. The number of piperazine rings is 1. The number of anilines is 1. The van der Waals surface area contributed by atoms with E-state index in [1.54, 1.807) is 11.1 Å². The molecule has 1 aliphatic rings. The summed E-state index contributed by atoms with van der Waals surface area (Å²) in [6.45, 7) is 6.03. The Morgan fingerprint density at radius 2 is 1.92 bits per heavy atom. The number of nitrogens with zero attached hydrogens (tertiary/aromatic N) is 4. The van der Waals surface area contributed by atoms with Crippen molar-refractivity contribution < 1.29 is 9.18 Å². The van der Waals surface area contributed by atoms with E-state index in [0.29, 0.717) is 26.2 Å². The monoisotopic (exact) mass is 348 g/mol. The highest BCUT2D eigenvalue weighted by atomic mass is 35.5. The van der Waals surface area contributed by atoms with Crippen LogP contribution in [0.5, 0.6) is 0 Å². The van der Waals surface area contributed by atoms with Gasteiger partial charge in [0.05, 0.1) is 22.0 Å². The second-order valence-electron chi connectivity index (χ2n) is 5.80. The lowest BCUT2D eigenvalue weighted by Gasteiger charge is -2.36. The Balaban J connectivity index is 1.73. The van der Waals surface area contributed by atoms with E-state index < -0.39 is 5.82 Å². The van der Waals surface area contributed by atoms with Crippen molar-refractivity contribution in [3.8, 4) is 0 Å². The first-order valence-corrected chi connectivity index (χ1v) is 8.13. The smallest absolute Gasteiger partial charge is 0.258 e. The molecule has 0 atom stereocenters. The number of halogens is 2. The highest BCUT2D eigenvalue weighted by Gasteiger charge is 2.27. The fourth-order valence-electron chi connectivity index (χ4n) is 2.81. The van der Waals surface area contributed by atoms with Crippen LogP contribution in [0.3, 0.4) is 0 Å². The molecule has 0 bridgehead atoms. The van der Waals surface area contributed by atoms with Crippen molar-refractivity contribution in [2.24, 2.45) is 0 Å². The van der Waals surface area contributed by atoms with Crippen molar-refractivity contribution in [3.05, 3.63) is 52.2 Å². The predicted molar refractivity (Wildman–Crippen MR) is 91.0 cm³/mol. The molecule has 126 valence electrons. The lowest BCUT2D eigenvalue weighted by Crippen LogP contribution is -2.49. The summed E-state index contributed by atoms with van der Waals surface area (Å²) in [7, 11) is 0. The Labute approximate surface area is 145 Å². The van der Waals surface area contributed by atoms with Gasteiger partial charge in [0.15, 0.2) is 0 Å². The topological polar surface area (TPSA) is 49.3 Å². The summed E-state index contributed by atoms with van der Waals surface area (Å²) < 4.78 is 13.9. The van der Waals surface area contributed by atoms with Crippen LogP contribution in [0.1, 0.15) is 21.7 Å². The van der Waals surface area contributed by atoms with Gasteiger partial charge in [-0.25, -0.2) is 9.37 Å². The molecule has 1 aliphatic heterocycles. The van der Waals surface area contributed by atoms with Crippen LogP contribution in [-0.4, -0.2) is 47.0 Å². The van der Waals surface area contributed by atoms with Gasteiger partial charge in [-0.3, -0.25) is 9.78 Å². The minimum absolute atomic E-state index is 0.0563. The van der Waals surface area contributed by atoms with Crippen LogP contribution in [-0.2, 0) is 0 Å². The van der Waals surface area contributed by atoms with Crippen molar-refractivity contribution in [2.45, 2.75) is 13.8 Å². The lowest BCUT2D eigenvalue weighted by molar-refractivity contribution is 0.0742. The van der Waals surface area contributed by atoms with Crippen molar-refractivity contribution in [3.63, 3.8) is 0 Å². The summed E-state index contributed by atoms with van der Waals surface area (Å²) in [4.78, 5) is 25.1. The van der Waals surface area contributed by atoms with Crippen LogP contribution in [0.15, 0.2) is 24.4 Å². The van der Waals surface area contributed by atoms with Gasteiger partial charge in [0.2, 0.25) is 0 Å². The highest BCUT2D eigenvalue weighted by molar-refractivity contribution is 6.33. The lowest BCUT2D eigenvalue weighted by atomic mass is 10.1. The van der Waals surface area contributed by atoms with Crippen LogP contribution in [0.2, 0.25) is 5.02 Å². The molecule has 0 aliphatic carbocycles. The Morgan fingerprint density at radius 3 is 2.58 bits per heavy atom. The first kappa shape index (κ1) is 16.6. The minimum atomic E-state index is -0.588. The number of carbonyl (C=O) groups is 1. The fourth-order valence-corrected chi connectivity index (χ4v) is 3.05. The maximum atomic E-state index is 13.9. The Kier molecular flexibility index (Phi) is 4.66. The third-order valence-electron chi connectivity index (χ3n) is 4.09. The molecule has 0 saturated carbocycles. The molecule has 24 heavy (non-hydrogen) atoms. The second kappa shape index (κ2) is 6.73. The van der Waals surface area contributed by atoms with E-state index in [1.165, 1.54) is 18.2 Å². The van der Waals surface area contributed by atoms with Crippen LogP contribution in [0, 0.1) is 19.7 Å². The number of rotatable bonds is 2. The molecule has 1 amide bonds. The molecule has 1 aromatic carbocycles. The van der Waals surface area contributed by atoms with Crippen LogP contribution in [0.25, 0.3) is 0 Å². The average Bonchev–Trinajstić information content (AvgIpc) is 2.57. The summed E-state index contributed by atoms with van der Waals surface area (Å²) in [5.74, 6) is -0.119. The van der Waals surface area contributed by atoms with Gasteiger partial charge in [0.1, 0.15) is 11.6 Å². The van der Waals surface area contributed by atoms with Gasteiger partial charge in [-0.15, -0.1) is 0 Å². The molecule has 5 nitrogen and oxygen atoms in total. The SMILES string of the molecule is Cc1cnc(C)c(N2CCN(C(=O)c3c(F)cccc3Cl)CC2)n1. The zero-order valence-electron chi connectivity index (χ0n) is 13.6. The molecule has 1 saturated heterocycles. The normalized spacial score (nSPS) is 14.8. The van der Waals surface area contributed by atoms with E-state index in [-0.39, 0.29) is 16.5 Å². The molecule has 0 radical (unpaired) electrons. The zero-order valence-corrected chi connectivity index (χ0v) is 14.3. The summed E-state index contributed by atoms with van der Waals surface area (Å²) >= 11 is 5.99. The number of aromatic nitrogens is 2. The quantitative estimate of drug-likeness (QED) is 0.837. The fraction of sp³-hybridized carbons (Fsp3) is 0.353. The minimum Gasteiger partial charge on any atom is -0.352 e. The summed E-state index contributed by atoms with van der Waals surface area (Å²) in [5.41, 5.74) is 1.66. The maximum Gasteiger partial charge on any atom is 0.258 e. The van der Waals surface area contributed by atoms with Crippen molar-refractivity contribution >= 4 is 23.3 Å². The van der Waals surface area contributed by atoms with Gasteiger partial charge in [-0.1, -0.05) is 17.7 Å². The first-order chi connectivity index (χ1) is 11.5. The molecule has 7 heteroatoms. The van der Waals surface area contributed by atoms with Gasteiger partial charge < -0.3 is 9.80 Å². The molecule has 3 rings (SSSR count). The number of hydrogen-bond donors (Lipinski definition) is 0. The molecule has 0 unspecified atom stereocenters. The first-order valence-electron chi connectivity index (χ1n) is 7.76. The summed E-state index contributed by atoms with van der Waals surface area (Å²) in [6.07, 6.45) is 1.73. The van der Waals surface area contributed by atoms with Gasteiger partial charge in [-0.2, -0.15) is 0 Å². The number of carbonyl (C=O) groups excluding carboxylic acids is 1. The summed E-state index contributed by atoms with van der Waals surface area (Å²) in [5, 5.41) is 0.142. The van der Waals surface area contributed by atoms with Gasteiger partial charge in [0.25, 0.3) is 5.91 Å². The van der Waals surface area contributed by atoms with Crippen LogP contribution in [0.4, 0.5) is 10.2 Å². The van der Waals surface area contributed by atoms with E-state index in [4.69, 9.17) is 11.6 Å². The van der Waals surface area contributed by atoms with Crippen molar-refractivity contribution in [2.75, 3.05) is 31.1 Å². The van der Waals surface area contributed by atoms with E-state index >= 15 is 0 Å². The molecule has 1 fully saturated rings. The molecule has 2 aromatic rings. The third-order valence-corrected chi connectivity index (χ3v) is 4.41. The average molecular weight is 349 g/mol. The van der Waals surface area contributed by atoms with E-state index in [1.807, 2.05) is 13.8 Å². The largest absolute Gasteiger partial charge is 0.352 e. The van der Waals surface area contributed by atoms with Gasteiger partial charge in [0, 0.05) is 32.4 Å². The maximum absolute atomic E-state index is 13.9. The van der Waals surface area contributed by atoms with Crippen molar-refractivity contribution in [1.82, 2.24) is 14.9 Å². The molecule has 1 aromatic heterocycles. The zero-order chi connectivity index (χ0) is 17.3. The van der Waals surface area contributed by atoms with Crippen LogP contribution < -0.4 is 4.90 Å². The van der Waals surface area contributed by atoms with E-state index in [2.05, 4.69) is 14.9 Å². The Bertz CT molecular complexity index is 755. The van der Waals surface area contributed by atoms with Crippen molar-refractivity contribution in [1.29, 1.82) is 0 Å². The highest BCUT2D eigenvalue weighted by Crippen LogP contribution is 2.23. The number of aryl methyl sites for hydroxylation is 2. The van der Waals surface area contributed by atoms with E-state index in [9.17, 15) is 9.18 Å². The molecular weight excluding hydrogens is 331 g/mol. The molecule has 2 heterocycles. The standard InChI is InChI=1S/C17H18ClFN4O/c1-11-10-20-12(2)16(21-11)22-6-8-23(9-7-22)17(24)15-13(18)4-3-5-14(15)19/h3-5,10H,6-9H2,1-2H3. The number of amides is 1. The predicted octanol–water partition coefficient (Wildman–Crippen LogP) is 2.85. The number of benzene rings is 1. The molecule has 0 N–H and O–H groups in total. The Morgan fingerprint density at radius 1 is 1.21 bits per heavy atom. The van der Waals surface area contributed by atoms with Gasteiger partial charge >= 0.3 is 0 Å². The Hall–Kier alpha value is -2.21. The third kappa shape index (κ3) is 3.19. The second-order valence-corrected chi connectivity index (χ2v) is 6.20. The summed E-state index contributed by atoms with van der Waals surface area (Å²) in [6, 6.07) is 4.27. The van der Waals surface area contributed by atoms with Crippen LogP contribution >= 0.6 is 11.6 Å². The van der Waals surface area contributed by atoms with E-state index in [0.717, 1.165) is 17.2 Å².